The van der Waals surface area contributed by atoms with Gasteiger partial charge in [-0.15, -0.1) is 0 Å². The van der Waals surface area contributed by atoms with Crippen molar-refractivity contribution in [3.05, 3.63) is 34.9 Å². The van der Waals surface area contributed by atoms with Gasteiger partial charge in [-0.2, -0.15) is 0 Å². The van der Waals surface area contributed by atoms with Crippen LogP contribution in [0.5, 0.6) is 0 Å². The van der Waals surface area contributed by atoms with Crippen molar-refractivity contribution in [2.45, 2.75) is 13.3 Å². The summed E-state index contributed by atoms with van der Waals surface area (Å²) < 4.78 is 4.55. The Hall–Kier alpha value is -2.32. The van der Waals surface area contributed by atoms with Crippen LogP contribution in [0.4, 0.5) is 0 Å². The number of aryl methyl sites for hydroxylation is 1. The molecule has 0 heterocycles. The van der Waals surface area contributed by atoms with Crippen LogP contribution >= 0.6 is 0 Å². The smallest absolute Gasteiger partial charge is 0.325 e. The Morgan fingerprint density at radius 1 is 1.38 bits per heavy atom. The number of carbonyl (C=O) groups excluding carboxylic acids is 2. The molecule has 0 radical (unpaired) electrons. The number of ether oxygens (including phenoxy) is 1. The summed E-state index contributed by atoms with van der Waals surface area (Å²) in [6.45, 7) is 1.76. The van der Waals surface area contributed by atoms with Gasteiger partial charge in [0, 0.05) is 19.0 Å². The Bertz CT molecular complexity index is 584. The molecule has 0 aliphatic carbocycles. The van der Waals surface area contributed by atoms with Crippen molar-refractivity contribution in [3.63, 3.8) is 0 Å². The third-order valence-corrected chi connectivity index (χ3v) is 2.81. The highest BCUT2D eigenvalue weighted by molar-refractivity contribution is 5.98. The summed E-state index contributed by atoms with van der Waals surface area (Å²) in [5.74, 6) is 4.91. The van der Waals surface area contributed by atoms with Gasteiger partial charge in [0.25, 0.3) is 5.91 Å². The van der Waals surface area contributed by atoms with E-state index in [9.17, 15) is 9.59 Å². The molecule has 0 aromatic heterocycles. The first-order chi connectivity index (χ1) is 9.99. The van der Waals surface area contributed by atoms with Gasteiger partial charge in [-0.05, 0) is 24.6 Å². The first-order valence-electron chi connectivity index (χ1n) is 6.52. The number of amides is 1. The minimum absolute atomic E-state index is 0.0235. The number of esters is 1. The lowest BCUT2D eigenvalue weighted by molar-refractivity contribution is -0.141. The number of nitrogens with zero attached hydrogens (tertiary/aromatic N) is 1. The molecule has 1 amide bonds. The molecule has 0 unspecified atom stereocenters. The second-order valence-electron chi connectivity index (χ2n) is 4.56. The van der Waals surface area contributed by atoms with Crippen LogP contribution in [0.1, 0.15) is 27.9 Å². The van der Waals surface area contributed by atoms with Crippen LogP contribution < -0.4 is 0 Å². The van der Waals surface area contributed by atoms with Gasteiger partial charge < -0.3 is 14.7 Å². The summed E-state index contributed by atoms with van der Waals surface area (Å²) in [6.07, 6.45) is 0.347. The molecule has 0 atom stereocenters. The zero-order valence-corrected chi connectivity index (χ0v) is 12.5. The number of benzene rings is 1. The SMILES string of the molecule is COC(=O)CN(C)C(=O)c1ccc(C)cc1C#CCCO. The van der Waals surface area contributed by atoms with Gasteiger partial charge in [0.15, 0.2) is 0 Å². The predicted octanol–water partition coefficient (Wildman–Crippen LogP) is 0.974. The summed E-state index contributed by atoms with van der Waals surface area (Å²) in [4.78, 5) is 24.9. The molecule has 0 spiro atoms. The van der Waals surface area contributed by atoms with Crippen LogP contribution in [0.15, 0.2) is 18.2 Å². The number of hydrogen-bond acceptors (Lipinski definition) is 4. The topological polar surface area (TPSA) is 66.8 Å². The normalized spacial score (nSPS) is 9.52. The fourth-order valence-corrected chi connectivity index (χ4v) is 1.70. The van der Waals surface area contributed by atoms with E-state index in [0.29, 0.717) is 17.5 Å². The minimum atomic E-state index is -0.481. The number of hydrogen-bond donors (Lipinski definition) is 1. The number of carbonyl (C=O) groups is 2. The number of likely N-dealkylation sites (N-methyl/N-ethyl adjacent to an activating group) is 1. The molecule has 5 heteroatoms. The molecule has 21 heavy (non-hydrogen) atoms. The average molecular weight is 289 g/mol. The Kier molecular flexibility index (Phi) is 6.44. The minimum Gasteiger partial charge on any atom is -0.468 e. The molecule has 1 rings (SSSR count). The van der Waals surface area contributed by atoms with Crippen molar-refractivity contribution in [2.24, 2.45) is 0 Å². The molecule has 5 nitrogen and oxygen atoms in total. The fourth-order valence-electron chi connectivity index (χ4n) is 1.70. The molecule has 1 aromatic rings. The monoisotopic (exact) mass is 289 g/mol. The van der Waals surface area contributed by atoms with Gasteiger partial charge in [0.05, 0.1) is 19.3 Å². The van der Waals surface area contributed by atoms with E-state index in [-0.39, 0.29) is 19.1 Å². The third kappa shape index (κ3) is 4.93. The second-order valence-corrected chi connectivity index (χ2v) is 4.56. The first-order valence-corrected chi connectivity index (χ1v) is 6.52. The number of methoxy groups -OCH3 is 1. The summed E-state index contributed by atoms with van der Waals surface area (Å²) in [5, 5.41) is 8.76. The molecule has 0 saturated carbocycles. The molecular weight excluding hydrogens is 270 g/mol. The highest BCUT2D eigenvalue weighted by Crippen LogP contribution is 2.13. The Balaban J connectivity index is 3.03. The van der Waals surface area contributed by atoms with Gasteiger partial charge >= 0.3 is 5.97 Å². The van der Waals surface area contributed by atoms with E-state index in [1.807, 2.05) is 19.1 Å². The first kappa shape index (κ1) is 16.7. The zero-order valence-electron chi connectivity index (χ0n) is 12.5. The number of aliphatic hydroxyl groups excluding tert-OH is 1. The lowest BCUT2D eigenvalue weighted by atomic mass is 10.0. The predicted molar refractivity (Wildman–Crippen MR) is 78.7 cm³/mol. The fraction of sp³-hybridized carbons (Fsp3) is 0.375. The summed E-state index contributed by atoms with van der Waals surface area (Å²) in [7, 11) is 2.81. The molecule has 0 aliphatic rings. The zero-order chi connectivity index (χ0) is 15.8. The molecule has 112 valence electrons. The van der Waals surface area contributed by atoms with Crippen molar-refractivity contribution in [1.29, 1.82) is 0 Å². The molecule has 0 bridgehead atoms. The van der Waals surface area contributed by atoms with Gasteiger partial charge in [-0.1, -0.05) is 17.9 Å². The standard InChI is InChI=1S/C16H19NO4/c1-12-7-8-14(13(10-12)6-4-5-9-18)16(20)17(2)11-15(19)21-3/h7-8,10,18H,5,9,11H2,1-3H3. The van der Waals surface area contributed by atoms with Crippen LogP contribution in [0.2, 0.25) is 0 Å². The quantitative estimate of drug-likeness (QED) is 0.662. The van der Waals surface area contributed by atoms with Crippen molar-refractivity contribution >= 4 is 11.9 Å². The number of rotatable bonds is 4. The Morgan fingerprint density at radius 2 is 2.10 bits per heavy atom. The summed E-state index contributed by atoms with van der Waals surface area (Å²) in [6, 6.07) is 5.31. The molecule has 0 saturated heterocycles. The van der Waals surface area contributed by atoms with E-state index in [4.69, 9.17) is 5.11 Å². The summed E-state index contributed by atoms with van der Waals surface area (Å²) >= 11 is 0. The van der Waals surface area contributed by atoms with Gasteiger partial charge in [-0.25, -0.2) is 0 Å². The molecular formula is C16H19NO4. The van der Waals surface area contributed by atoms with Crippen LogP contribution in [0.25, 0.3) is 0 Å². The van der Waals surface area contributed by atoms with Crippen LogP contribution in [-0.4, -0.2) is 49.2 Å². The highest BCUT2D eigenvalue weighted by atomic mass is 16.5. The lowest BCUT2D eigenvalue weighted by Gasteiger charge is -2.16. The third-order valence-electron chi connectivity index (χ3n) is 2.81. The van der Waals surface area contributed by atoms with Gasteiger partial charge in [-0.3, -0.25) is 9.59 Å². The maximum Gasteiger partial charge on any atom is 0.325 e. The van der Waals surface area contributed by atoms with Crippen molar-refractivity contribution in [2.75, 3.05) is 27.3 Å². The average Bonchev–Trinajstić information content (AvgIpc) is 2.46. The van der Waals surface area contributed by atoms with Gasteiger partial charge in [0.1, 0.15) is 6.54 Å². The second kappa shape index (κ2) is 8.08. The Morgan fingerprint density at radius 3 is 2.71 bits per heavy atom. The van der Waals surface area contributed by atoms with Crippen molar-refractivity contribution < 1.29 is 19.4 Å². The van der Waals surface area contributed by atoms with Gasteiger partial charge in [0.2, 0.25) is 0 Å². The van der Waals surface area contributed by atoms with E-state index in [0.717, 1.165) is 5.56 Å². The lowest BCUT2D eigenvalue weighted by Crippen LogP contribution is -2.33. The summed E-state index contributed by atoms with van der Waals surface area (Å²) in [5.41, 5.74) is 2.00. The molecule has 1 aromatic carbocycles. The van der Waals surface area contributed by atoms with E-state index in [2.05, 4.69) is 16.6 Å². The largest absolute Gasteiger partial charge is 0.468 e. The van der Waals surface area contributed by atoms with E-state index in [1.54, 1.807) is 6.07 Å². The van der Waals surface area contributed by atoms with Crippen molar-refractivity contribution in [3.8, 4) is 11.8 Å². The van der Waals surface area contributed by atoms with Crippen LogP contribution in [-0.2, 0) is 9.53 Å². The maximum atomic E-state index is 12.4. The number of aliphatic hydroxyl groups is 1. The Labute approximate surface area is 124 Å². The molecule has 1 N–H and O–H groups in total. The van der Waals surface area contributed by atoms with E-state index >= 15 is 0 Å². The molecule has 0 fully saturated rings. The van der Waals surface area contributed by atoms with Crippen LogP contribution in [0, 0.1) is 18.8 Å². The van der Waals surface area contributed by atoms with Crippen molar-refractivity contribution in [1.82, 2.24) is 4.90 Å². The van der Waals surface area contributed by atoms with E-state index in [1.165, 1.54) is 19.1 Å². The highest BCUT2D eigenvalue weighted by Gasteiger charge is 2.17. The van der Waals surface area contributed by atoms with E-state index < -0.39 is 5.97 Å². The van der Waals surface area contributed by atoms with Crippen LogP contribution in [0.3, 0.4) is 0 Å². The molecule has 0 aliphatic heterocycles. The maximum absolute atomic E-state index is 12.4.